The van der Waals surface area contributed by atoms with Crippen LogP contribution in [0, 0.1) is 0 Å². The molecule has 1 aromatic carbocycles. The van der Waals surface area contributed by atoms with Crippen LogP contribution in [0.2, 0.25) is 0 Å². The van der Waals surface area contributed by atoms with Gasteiger partial charge in [0.25, 0.3) is 0 Å². The molecule has 0 aromatic heterocycles. The number of halogens is 1. The number of rotatable bonds is 7. The quantitative estimate of drug-likeness (QED) is 0.445. The summed E-state index contributed by atoms with van der Waals surface area (Å²) < 4.78 is 12.1. The minimum atomic E-state index is 0.116. The van der Waals surface area contributed by atoms with Crippen LogP contribution in [0.1, 0.15) is 25.8 Å². The van der Waals surface area contributed by atoms with Crippen LogP contribution in [0.25, 0.3) is 0 Å². The first-order valence-electron chi connectivity index (χ1n) is 6.26. The third-order valence-electron chi connectivity index (χ3n) is 2.20. The molecule has 1 aromatic rings. The van der Waals surface area contributed by atoms with Crippen molar-refractivity contribution in [3.05, 3.63) is 22.2 Å². The summed E-state index contributed by atoms with van der Waals surface area (Å²) >= 11 is 8.15. The molecule has 0 aliphatic carbocycles. The maximum absolute atomic E-state index is 5.66. The Balaban J connectivity index is 2.99. The van der Waals surface area contributed by atoms with Gasteiger partial charge in [0.2, 0.25) is 0 Å². The molecule has 0 saturated heterocycles. The molecule has 0 heterocycles. The van der Waals surface area contributed by atoms with Gasteiger partial charge in [0, 0.05) is 10.0 Å². The fourth-order valence-corrected chi connectivity index (χ4v) is 1.89. The second-order valence-corrected chi connectivity index (χ2v) is 5.13. The molecule has 5 nitrogen and oxygen atoms in total. The molecule has 0 radical (unpaired) electrons. The van der Waals surface area contributed by atoms with Crippen molar-refractivity contribution < 1.29 is 9.47 Å². The summed E-state index contributed by atoms with van der Waals surface area (Å²) in [6, 6.07) is 3.71. The Morgan fingerprint density at radius 2 is 2.10 bits per heavy atom. The predicted octanol–water partition coefficient (Wildman–Crippen LogP) is 2.80. The van der Waals surface area contributed by atoms with Gasteiger partial charge in [-0.25, -0.2) is 0 Å². The van der Waals surface area contributed by atoms with Gasteiger partial charge >= 0.3 is 0 Å². The lowest BCUT2D eigenvalue weighted by atomic mass is 10.2. The van der Waals surface area contributed by atoms with E-state index in [0.29, 0.717) is 24.7 Å². The standard InChI is InChI=1S/C13H18BrN3O2S/c1-3-5-19-12-7-10(14)9(6-11(12)18-4-2)8-16-17-13(15)20/h6-8H,3-5H2,1-2H3,(H3,15,17,20)/b16-8+. The van der Waals surface area contributed by atoms with E-state index in [1.54, 1.807) is 6.21 Å². The molecule has 20 heavy (non-hydrogen) atoms. The van der Waals surface area contributed by atoms with E-state index in [0.717, 1.165) is 16.5 Å². The Kier molecular flexibility index (Phi) is 7.32. The molecule has 0 spiro atoms. The van der Waals surface area contributed by atoms with Gasteiger partial charge in [-0.1, -0.05) is 6.92 Å². The van der Waals surface area contributed by atoms with Crippen LogP contribution < -0.4 is 20.6 Å². The Hall–Kier alpha value is -1.34. The van der Waals surface area contributed by atoms with E-state index in [-0.39, 0.29) is 5.11 Å². The fraction of sp³-hybridized carbons (Fsp3) is 0.385. The number of nitrogens with zero attached hydrogens (tertiary/aromatic N) is 1. The van der Waals surface area contributed by atoms with Crippen molar-refractivity contribution in [1.82, 2.24) is 5.43 Å². The van der Waals surface area contributed by atoms with Crippen molar-refractivity contribution >= 4 is 39.5 Å². The van der Waals surface area contributed by atoms with Crippen molar-refractivity contribution in [3.8, 4) is 11.5 Å². The second kappa shape index (κ2) is 8.76. The summed E-state index contributed by atoms with van der Waals surface area (Å²) in [6.45, 7) is 5.18. The van der Waals surface area contributed by atoms with E-state index in [9.17, 15) is 0 Å². The molecule has 0 aliphatic rings. The summed E-state index contributed by atoms with van der Waals surface area (Å²) in [7, 11) is 0. The average molecular weight is 360 g/mol. The third kappa shape index (κ3) is 5.34. The molecule has 0 saturated carbocycles. The number of hydrazone groups is 1. The van der Waals surface area contributed by atoms with Crippen molar-refractivity contribution in [2.75, 3.05) is 13.2 Å². The van der Waals surface area contributed by atoms with E-state index in [4.69, 9.17) is 15.2 Å². The largest absolute Gasteiger partial charge is 0.490 e. The van der Waals surface area contributed by atoms with Crippen LogP contribution in [-0.2, 0) is 0 Å². The third-order valence-corrected chi connectivity index (χ3v) is 2.98. The monoisotopic (exact) mass is 359 g/mol. The van der Waals surface area contributed by atoms with E-state index < -0.39 is 0 Å². The van der Waals surface area contributed by atoms with E-state index >= 15 is 0 Å². The van der Waals surface area contributed by atoms with Crippen LogP contribution in [0.15, 0.2) is 21.7 Å². The van der Waals surface area contributed by atoms with Crippen LogP contribution in [0.4, 0.5) is 0 Å². The van der Waals surface area contributed by atoms with Crippen molar-refractivity contribution in [2.24, 2.45) is 10.8 Å². The van der Waals surface area contributed by atoms with Gasteiger partial charge in [-0.15, -0.1) is 0 Å². The van der Waals surface area contributed by atoms with Crippen molar-refractivity contribution in [3.63, 3.8) is 0 Å². The zero-order chi connectivity index (χ0) is 15.0. The zero-order valence-electron chi connectivity index (χ0n) is 11.5. The van der Waals surface area contributed by atoms with Crippen LogP contribution >= 0.6 is 28.1 Å². The lowest BCUT2D eigenvalue weighted by molar-refractivity contribution is 0.276. The van der Waals surface area contributed by atoms with Crippen LogP contribution in [0.3, 0.4) is 0 Å². The number of nitrogens with two attached hydrogens (primary N) is 1. The highest BCUT2D eigenvalue weighted by atomic mass is 79.9. The van der Waals surface area contributed by atoms with Gasteiger partial charge in [0.15, 0.2) is 16.6 Å². The molecular weight excluding hydrogens is 342 g/mol. The van der Waals surface area contributed by atoms with Gasteiger partial charge < -0.3 is 15.2 Å². The number of nitrogens with one attached hydrogen (secondary N) is 1. The first kappa shape index (κ1) is 16.7. The Bertz CT molecular complexity index is 495. The molecule has 0 unspecified atom stereocenters. The molecule has 0 atom stereocenters. The zero-order valence-corrected chi connectivity index (χ0v) is 13.9. The van der Waals surface area contributed by atoms with Gasteiger partial charge in [0.1, 0.15) is 0 Å². The van der Waals surface area contributed by atoms with E-state index in [1.807, 2.05) is 19.1 Å². The van der Waals surface area contributed by atoms with E-state index in [2.05, 4.69) is 45.6 Å². The highest BCUT2D eigenvalue weighted by Gasteiger charge is 2.09. The first-order chi connectivity index (χ1) is 9.58. The fourth-order valence-electron chi connectivity index (χ4n) is 1.41. The average Bonchev–Trinajstić information content (AvgIpc) is 2.40. The highest BCUT2D eigenvalue weighted by Crippen LogP contribution is 2.33. The molecule has 1 rings (SSSR count). The minimum absolute atomic E-state index is 0.116. The van der Waals surface area contributed by atoms with Gasteiger partial charge in [-0.05, 0) is 53.6 Å². The molecule has 110 valence electrons. The van der Waals surface area contributed by atoms with Crippen molar-refractivity contribution in [2.45, 2.75) is 20.3 Å². The Morgan fingerprint density at radius 1 is 1.40 bits per heavy atom. The lowest BCUT2D eigenvalue weighted by Crippen LogP contribution is -2.24. The summed E-state index contributed by atoms with van der Waals surface area (Å²) in [5, 5.41) is 4.04. The smallest absolute Gasteiger partial charge is 0.184 e. The maximum Gasteiger partial charge on any atom is 0.184 e. The SMILES string of the molecule is CCCOc1cc(Br)c(/C=N/NC(N)=S)cc1OCC. The van der Waals surface area contributed by atoms with Gasteiger partial charge in [0.05, 0.1) is 19.4 Å². The number of benzene rings is 1. The Morgan fingerprint density at radius 3 is 2.70 bits per heavy atom. The maximum atomic E-state index is 5.66. The predicted molar refractivity (Wildman–Crippen MR) is 88.6 cm³/mol. The Labute approximate surface area is 132 Å². The highest BCUT2D eigenvalue weighted by molar-refractivity contribution is 9.10. The molecular formula is C13H18BrN3O2S. The number of hydrogen-bond donors (Lipinski definition) is 2. The van der Waals surface area contributed by atoms with Gasteiger partial charge in [-0.3, -0.25) is 5.43 Å². The summed E-state index contributed by atoms with van der Waals surface area (Å²) in [5.74, 6) is 1.39. The lowest BCUT2D eigenvalue weighted by Gasteiger charge is -2.13. The van der Waals surface area contributed by atoms with Crippen LogP contribution in [-0.4, -0.2) is 24.5 Å². The van der Waals surface area contributed by atoms with Crippen molar-refractivity contribution in [1.29, 1.82) is 0 Å². The molecule has 0 amide bonds. The number of thiocarbonyl (C=S) groups is 1. The van der Waals surface area contributed by atoms with E-state index in [1.165, 1.54) is 0 Å². The molecule has 0 aliphatic heterocycles. The summed E-state index contributed by atoms with van der Waals surface area (Å²) in [4.78, 5) is 0. The number of ether oxygens (including phenoxy) is 2. The molecule has 0 bridgehead atoms. The molecule has 3 N–H and O–H groups in total. The molecule has 0 fully saturated rings. The summed E-state index contributed by atoms with van der Waals surface area (Å²) in [5.41, 5.74) is 8.64. The van der Waals surface area contributed by atoms with Gasteiger partial charge in [-0.2, -0.15) is 5.10 Å². The minimum Gasteiger partial charge on any atom is -0.490 e. The molecule has 7 heteroatoms. The first-order valence-corrected chi connectivity index (χ1v) is 7.46. The van der Waals surface area contributed by atoms with Crippen LogP contribution in [0.5, 0.6) is 11.5 Å². The second-order valence-electron chi connectivity index (χ2n) is 3.84. The topological polar surface area (TPSA) is 68.9 Å². The normalized spacial score (nSPS) is 10.6. The number of hydrogen-bond acceptors (Lipinski definition) is 4. The summed E-state index contributed by atoms with van der Waals surface area (Å²) in [6.07, 6.45) is 2.54.